The van der Waals surface area contributed by atoms with Crippen molar-refractivity contribution in [1.82, 2.24) is 19.7 Å². The fourth-order valence-corrected chi connectivity index (χ4v) is 10.6. The monoisotopic (exact) mass is 766 g/mol. The number of esters is 1. The van der Waals surface area contributed by atoms with Crippen LogP contribution in [0.15, 0.2) is 64.5 Å². The number of carbonyl (C=O) groups excluding carboxylic acids is 1. The largest absolute Gasteiger partial charge is 0.469 e. The highest BCUT2D eigenvalue weighted by Crippen LogP contribution is 2.42. The van der Waals surface area contributed by atoms with Gasteiger partial charge in [-0.1, -0.05) is 56.3 Å². The van der Waals surface area contributed by atoms with Gasteiger partial charge >= 0.3 is 5.97 Å². The number of hydrogen-bond donors (Lipinski definition) is 1. The van der Waals surface area contributed by atoms with Gasteiger partial charge in [-0.3, -0.25) is 4.79 Å². The van der Waals surface area contributed by atoms with E-state index in [0.29, 0.717) is 47.4 Å². The molecule has 1 aliphatic rings. The number of sulfone groups is 1. The number of hydrogen-bond acceptors (Lipinski definition) is 7. The van der Waals surface area contributed by atoms with Gasteiger partial charge in [-0.05, 0) is 92.8 Å². The smallest absolute Gasteiger partial charge is 0.311 e. The Hall–Kier alpha value is -4.10. The van der Waals surface area contributed by atoms with Crippen molar-refractivity contribution in [3.63, 3.8) is 0 Å². The third-order valence-electron chi connectivity index (χ3n) is 10.4. The van der Waals surface area contributed by atoms with Crippen LogP contribution < -0.4 is 0 Å². The van der Waals surface area contributed by atoms with Gasteiger partial charge in [-0.15, -0.1) is 0 Å². The Balaban J connectivity index is 1.50. The van der Waals surface area contributed by atoms with Crippen molar-refractivity contribution in [2.45, 2.75) is 81.9 Å². The summed E-state index contributed by atoms with van der Waals surface area (Å²) < 4.78 is 80.9. The molecule has 0 aliphatic carbocycles. The van der Waals surface area contributed by atoms with Gasteiger partial charge in [0.15, 0.2) is 33.1 Å². The van der Waals surface area contributed by atoms with E-state index in [-0.39, 0.29) is 45.7 Å². The van der Waals surface area contributed by atoms with Gasteiger partial charge < -0.3 is 9.72 Å². The second kappa shape index (κ2) is 14.3. The fourth-order valence-electron chi connectivity index (χ4n) is 7.52. The molecule has 0 fully saturated rings. The normalized spacial score (nSPS) is 19.3. The topological polar surface area (TPSA) is 107 Å². The molecule has 0 saturated carbocycles. The summed E-state index contributed by atoms with van der Waals surface area (Å²) in [6.45, 7) is 9.53. The summed E-state index contributed by atoms with van der Waals surface area (Å²) >= 11 is 0.914. The predicted octanol–water partition coefficient (Wildman–Crippen LogP) is 8.75. The molecule has 0 saturated heterocycles. The number of aromatic nitrogens is 4. The van der Waals surface area contributed by atoms with E-state index in [1.165, 1.54) is 36.2 Å². The lowest BCUT2D eigenvalue weighted by atomic mass is 9.74. The molecule has 8 nitrogen and oxygen atoms in total. The molecule has 0 spiro atoms. The number of nitrogens with zero attached hydrogens (tertiary/aromatic N) is 3. The number of H-pyrrole nitrogens is 1. The molecule has 0 unspecified atom stereocenters. The molecule has 1 aliphatic heterocycles. The lowest BCUT2D eigenvalue weighted by Gasteiger charge is -2.31. The molecule has 0 amide bonds. The fraction of sp³-hybridized carbons (Fsp3) is 0.425. The highest BCUT2D eigenvalue weighted by Gasteiger charge is 2.37. The minimum atomic E-state index is -3.65. The van der Waals surface area contributed by atoms with Crippen LogP contribution in [0.3, 0.4) is 0 Å². The summed E-state index contributed by atoms with van der Waals surface area (Å²) in [6, 6.07) is 13.8. The van der Waals surface area contributed by atoms with Gasteiger partial charge in [-0.2, -0.15) is 5.10 Å². The summed E-state index contributed by atoms with van der Waals surface area (Å²) in [5, 5.41) is 5.23. The summed E-state index contributed by atoms with van der Waals surface area (Å²) in [6.07, 6.45) is 3.61. The molecule has 4 bridgehead atoms. The van der Waals surface area contributed by atoms with E-state index < -0.39 is 43.5 Å². The van der Waals surface area contributed by atoms with Crippen LogP contribution in [0.25, 0.3) is 22.3 Å². The number of fused-ring (bicyclic) bond motifs is 8. The van der Waals surface area contributed by atoms with E-state index in [2.05, 4.69) is 4.98 Å². The summed E-state index contributed by atoms with van der Waals surface area (Å²) in [5.74, 6) is -2.71. The van der Waals surface area contributed by atoms with Crippen molar-refractivity contribution in [1.29, 1.82) is 0 Å². The molecule has 6 rings (SSSR count). The Labute approximate surface area is 312 Å². The van der Waals surface area contributed by atoms with Gasteiger partial charge in [0.1, 0.15) is 5.82 Å². The van der Waals surface area contributed by atoms with Gasteiger partial charge in [-0.25, -0.2) is 31.3 Å². The Kier molecular flexibility index (Phi) is 10.4. The zero-order valence-corrected chi connectivity index (χ0v) is 32.7. The van der Waals surface area contributed by atoms with Gasteiger partial charge in [0.2, 0.25) is 0 Å². The quantitative estimate of drug-likeness (QED) is 0.182. The highest BCUT2D eigenvalue weighted by atomic mass is 32.2. The Morgan fingerprint density at radius 3 is 2.55 bits per heavy atom. The van der Waals surface area contributed by atoms with E-state index in [9.17, 15) is 13.2 Å². The lowest BCUT2D eigenvalue weighted by Crippen LogP contribution is -2.30. The molecule has 1 atom stereocenters. The highest BCUT2D eigenvalue weighted by molar-refractivity contribution is 7.99. The molecule has 2 aromatic heterocycles. The number of methoxy groups -OCH3 is 1. The number of benzene rings is 3. The molecule has 53 heavy (non-hydrogen) atoms. The maximum Gasteiger partial charge on any atom is 0.311 e. The second-order valence-corrected chi connectivity index (χ2v) is 19.0. The first kappa shape index (κ1) is 38.6. The van der Waals surface area contributed by atoms with Gasteiger partial charge in [0, 0.05) is 23.5 Å². The minimum absolute atomic E-state index is 0.0334. The maximum atomic E-state index is 15.9. The second-order valence-electron chi connectivity index (χ2n) is 15.8. The van der Waals surface area contributed by atoms with E-state index in [1.54, 1.807) is 13.1 Å². The number of aryl methyl sites for hydroxylation is 2. The zero-order chi connectivity index (χ0) is 38.5. The van der Waals surface area contributed by atoms with E-state index in [0.717, 1.165) is 22.9 Å². The van der Waals surface area contributed by atoms with Gasteiger partial charge in [0.05, 0.1) is 45.4 Å². The lowest BCUT2D eigenvalue weighted by molar-refractivity contribution is -0.150. The zero-order valence-electron chi connectivity index (χ0n) is 31.1. The first-order valence-corrected chi connectivity index (χ1v) is 20.2. The van der Waals surface area contributed by atoms with Crippen LogP contribution in [0.2, 0.25) is 0 Å². The van der Waals surface area contributed by atoms with Crippen molar-refractivity contribution in [3.8, 4) is 11.4 Å². The number of ether oxygens (including phenoxy) is 1. The third-order valence-corrected chi connectivity index (χ3v) is 13.5. The van der Waals surface area contributed by atoms with Crippen LogP contribution in [0, 0.1) is 28.3 Å². The number of aromatic amines is 1. The molecule has 1 N–H and O–H groups in total. The third kappa shape index (κ3) is 7.78. The molecule has 13 heteroatoms. The summed E-state index contributed by atoms with van der Waals surface area (Å²) in [7, 11) is -0.595. The van der Waals surface area contributed by atoms with Gasteiger partial charge in [0.25, 0.3) is 0 Å². The minimum Gasteiger partial charge on any atom is -0.469 e. The SMILES string of the molecule is COC(=O)C(C)(C)Cc1cccc([C@@]2(C)CCCC(C)(C)CS(=O)(=O)CCc3c(c(F)c(F)c4[nH]ccc34)Sc3ccc(F)c(c3)-c3nc2nn3C)c1. The first-order chi connectivity index (χ1) is 24.8. The predicted molar refractivity (Wildman–Crippen MR) is 201 cm³/mol. The standard InChI is InChI=1S/C40H45F3N4O4S2/c1-38(2)16-9-17-40(5,25-11-8-10-24(20-25)22-39(3,4)37(48)51-7)36-45-35(47(6)46-36)29-21-26(12-13-30(29)41)52-34-28(15-19-53(49,50)23-38)27-14-18-44-33(27)31(42)32(34)43/h8,10-14,18,20-21,44H,9,15-17,19,22-23H2,1-7H3/t40-/m1/s1. The number of rotatable bonds is 4. The maximum absolute atomic E-state index is 15.9. The summed E-state index contributed by atoms with van der Waals surface area (Å²) in [5.41, 5.74) is 0.0768. The molecular weight excluding hydrogens is 722 g/mol. The van der Waals surface area contributed by atoms with Crippen molar-refractivity contribution < 1.29 is 31.1 Å². The van der Waals surface area contributed by atoms with Crippen LogP contribution in [-0.4, -0.2) is 52.8 Å². The van der Waals surface area contributed by atoms with Crippen molar-refractivity contribution in [2.24, 2.45) is 17.9 Å². The molecular formula is C40H45F3N4O4S2. The number of halogens is 3. The van der Waals surface area contributed by atoms with Crippen LogP contribution >= 0.6 is 11.8 Å². The van der Waals surface area contributed by atoms with Crippen molar-refractivity contribution >= 4 is 38.5 Å². The number of nitrogens with one attached hydrogen (secondary N) is 1. The van der Waals surface area contributed by atoms with Crippen molar-refractivity contribution in [3.05, 3.63) is 94.7 Å². The Bertz CT molecular complexity index is 2320. The van der Waals surface area contributed by atoms with Crippen molar-refractivity contribution in [2.75, 3.05) is 18.6 Å². The van der Waals surface area contributed by atoms with Crippen LogP contribution in [0.4, 0.5) is 13.2 Å². The number of carbonyl (C=O) groups is 1. The van der Waals surface area contributed by atoms with Crippen LogP contribution in [0.1, 0.15) is 76.4 Å². The van der Waals surface area contributed by atoms with E-state index in [4.69, 9.17) is 14.8 Å². The molecule has 5 aromatic rings. The molecule has 0 radical (unpaired) electrons. The molecule has 3 heterocycles. The molecule has 3 aromatic carbocycles. The average molecular weight is 767 g/mol. The first-order valence-electron chi connectivity index (χ1n) is 17.6. The Morgan fingerprint density at radius 2 is 1.81 bits per heavy atom. The van der Waals surface area contributed by atoms with E-state index in [1.807, 2.05) is 58.9 Å². The van der Waals surface area contributed by atoms with Crippen LogP contribution in [0.5, 0.6) is 0 Å². The average Bonchev–Trinajstić information content (AvgIpc) is 3.73. The summed E-state index contributed by atoms with van der Waals surface area (Å²) in [4.78, 5) is 20.6. The molecule has 282 valence electrons. The van der Waals surface area contributed by atoms with Crippen LogP contribution in [-0.2, 0) is 44.7 Å². The van der Waals surface area contributed by atoms with E-state index >= 15 is 13.2 Å². The Morgan fingerprint density at radius 1 is 1.06 bits per heavy atom.